The zero-order valence-electron chi connectivity index (χ0n) is 11.1. The second kappa shape index (κ2) is 6.16. The lowest BCUT2D eigenvalue weighted by Crippen LogP contribution is -2.04. The van der Waals surface area contributed by atoms with E-state index in [4.69, 9.17) is 0 Å². The highest BCUT2D eigenvalue weighted by Gasteiger charge is 2.10. The normalized spacial score (nSPS) is 13.3. The van der Waals surface area contributed by atoms with Crippen LogP contribution in [0.5, 0.6) is 0 Å². The number of anilines is 1. The highest BCUT2D eigenvalue weighted by atomic mass is 32.2. The lowest BCUT2D eigenvalue weighted by molar-refractivity contribution is 0.912. The number of hydrogen-bond acceptors (Lipinski definition) is 2. The summed E-state index contributed by atoms with van der Waals surface area (Å²) >= 11 is 1.90. The maximum Gasteiger partial charge on any atom is 0.0343 e. The minimum Gasteiger partial charge on any atom is -0.384 e. The third-order valence-corrected chi connectivity index (χ3v) is 4.56. The summed E-state index contributed by atoms with van der Waals surface area (Å²) in [6, 6.07) is 17.4. The molecule has 19 heavy (non-hydrogen) atoms. The summed E-state index contributed by atoms with van der Waals surface area (Å²) in [6.07, 6.45) is 3.84. The van der Waals surface area contributed by atoms with Gasteiger partial charge < -0.3 is 5.32 Å². The van der Waals surface area contributed by atoms with Crippen LogP contribution in [0.2, 0.25) is 0 Å². The molecular weight excluding hydrogens is 250 g/mol. The molecule has 0 heterocycles. The summed E-state index contributed by atoms with van der Waals surface area (Å²) in [5.41, 5.74) is 4.36. The summed E-state index contributed by atoms with van der Waals surface area (Å²) < 4.78 is 0. The number of aryl methyl sites for hydroxylation is 2. The average molecular weight is 269 g/mol. The van der Waals surface area contributed by atoms with Crippen LogP contribution in [0.15, 0.2) is 53.4 Å². The first-order valence-electron chi connectivity index (χ1n) is 6.95. The first-order chi connectivity index (χ1) is 9.42. The summed E-state index contributed by atoms with van der Waals surface area (Å²) in [5.74, 6) is 1.10. The van der Waals surface area contributed by atoms with Crippen molar-refractivity contribution < 1.29 is 0 Å². The van der Waals surface area contributed by atoms with Gasteiger partial charge in [0, 0.05) is 22.9 Å². The lowest BCUT2D eigenvalue weighted by atomic mass is 10.1. The van der Waals surface area contributed by atoms with Gasteiger partial charge in [0.1, 0.15) is 0 Å². The Morgan fingerprint density at radius 3 is 2.68 bits per heavy atom. The van der Waals surface area contributed by atoms with Crippen molar-refractivity contribution in [3.05, 3.63) is 59.7 Å². The van der Waals surface area contributed by atoms with Crippen molar-refractivity contribution in [1.29, 1.82) is 0 Å². The molecule has 2 heteroatoms. The number of rotatable bonds is 5. The first-order valence-corrected chi connectivity index (χ1v) is 7.94. The van der Waals surface area contributed by atoms with Crippen molar-refractivity contribution in [2.45, 2.75) is 24.2 Å². The smallest absolute Gasteiger partial charge is 0.0343 e. The molecule has 0 fully saturated rings. The molecule has 3 rings (SSSR count). The van der Waals surface area contributed by atoms with Gasteiger partial charge >= 0.3 is 0 Å². The Morgan fingerprint density at radius 1 is 0.947 bits per heavy atom. The predicted octanol–water partition coefficient (Wildman–Crippen LogP) is 4.38. The predicted molar refractivity (Wildman–Crippen MR) is 84.1 cm³/mol. The van der Waals surface area contributed by atoms with Crippen LogP contribution in [-0.4, -0.2) is 12.3 Å². The van der Waals surface area contributed by atoms with Crippen LogP contribution in [0.1, 0.15) is 17.5 Å². The van der Waals surface area contributed by atoms with Crippen molar-refractivity contribution in [1.82, 2.24) is 0 Å². The van der Waals surface area contributed by atoms with E-state index in [0.717, 1.165) is 12.3 Å². The summed E-state index contributed by atoms with van der Waals surface area (Å²) in [6.45, 7) is 1.01. The maximum atomic E-state index is 3.52. The second-order valence-corrected chi connectivity index (χ2v) is 6.09. The first kappa shape index (κ1) is 12.6. The monoisotopic (exact) mass is 269 g/mol. The summed E-state index contributed by atoms with van der Waals surface area (Å²) in [7, 11) is 0. The van der Waals surface area contributed by atoms with Gasteiger partial charge in [0.2, 0.25) is 0 Å². The van der Waals surface area contributed by atoms with E-state index in [0.29, 0.717) is 0 Å². The fraction of sp³-hybridized carbons (Fsp3) is 0.294. The van der Waals surface area contributed by atoms with E-state index in [1.54, 1.807) is 11.1 Å². The molecule has 0 spiro atoms. The van der Waals surface area contributed by atoms with Crippen LogP contribution in [0, 0.1) is 0 Å². The van der Waals surface area contributed by atoms with Crippen LogP contribution in [0.4, 0.5) is 5.69 Å². The van der Waals surface area contributed by atoms with Crippen LogP contribution < -0.4 is 5.32 Å². The van der Waals surface area contributed by atoms with Gasteiger partial charge in [-0.3, -0.25) is 0 Å². The quantitative estimate of drug-likeness (QED) is 0.638. The number of hydrogen-bond donors (Lipinski definition) is 1. The molecule has 0 amide bonds. The molecule has 1 aliphatic rings. The Hall–Kier alpha value is -1.41. The molecular formula is C17H19NS. The Kier molecular flexibility index (Phi) is 4.09. The average Bonchev–Trinajstić information content (AvgIpc) is 2.92. The van der Waals surface area contributed by atoms with Crippen molar-refractivity contribution in [3.63, 3.8) is 0 Å². The summed E-state index contributed by atoms with van der Waals surface area (Å²) in [4.78, 5) is 1.35. The van der Waals surface area contributed by atoms with E-state index in [-0.39, 0.29) is 0 Å². The van der Waals surface area contributed by atoms with Gasteiger partial charge in [-0.25, -0.2) is 0 Å². The summed E-state index contributed by atoms with van der Waals surface area (Å²) in [5, 5.41) is 3.52. The van der Waals surface area contributed by atoms with E-state index in [1.807, 2.05) is 11.8 Å². The molecule has 1 nitrogen and oxygen atoms in total. The molecule has 0 atom stereocenters. The third kappa shape index (κ3) is 3.32. The van der Waals surface area contributed by atoms with Gasteiger partial charge in [-0.1, -0.05) is 24.3 Å². The Morgan fingerprint density at radius 2 is 1.79 bits per heavy atom. The molecule has 0 unspecified atom stereocenters. The van der Waals surface area contributed by atoms with Gasteiger partial charge in [0.25, 0.3) is 0 Å². The van der Waals surface area contributed by atoms with Crippen molar-refractivity contribution >= 4 is 17.4 Å². The van der Waals surface area contributed by atoms with E-state index in [1.165, 1.54) is 29.8 Å². The zero-order valence-corrected chi connectivity index (χ0v) is 11.9. The van der Waals surface area contributed by atoms with E-state index < -0.39 is 0 Å². The fourth-order valence-corrected chi connectivity index (χ4v) is 3.35. The molecule has 1 N–H and O–H groups in total. The van der Waals surface area contributed by atoms with Crippen LogP contribution in [-0.2, 0) is 12.8 Å². The molecule has 98 valence electrons. The van der Waals surface area contributed by atoms with Crippen molar-refractivity contribution in [2.24, 2.45) is 0 Å². The van der Waals surface area contributed by atoms with Gasteiger partial charge in [-0.2, -0.15) is 0 Å². The highest BCUT2D eigenvalue weighted by molar-refractivity contribution is 7.99. The van der Waals surface area contributed by atoms with Crippen molar-refractivity contribution in [3.8, 4) is 0 Å². The van der Waals surface area contributed by atoms with Gasteiger partial charge in [-0.05, 0) is 54.7 Å². The molecule has 0 bridgehead atoms. The topological polar surface area (TPSA) is 12.0 Å². The molecule has 0 saturated heterocycles. The van der Waals surface area contributed by atoms with Gasteiger partial charge in [0.15, 0.2) is 0 Å². The Labute approximate surface area is 119 Å². The van der Waals surface area contributed by atoms with E-state index in [2.05, 4.69) is 53.8 Å². The highest BCUT2D eigenvalue weighted by Crippen LogP contribution is 2.25. The lowest BCUT2D eigenvalue weighted by Gasteiger charge is -2.08. The second-order valence-electron chi connectivity index (χ2n) is 4.93. The van der Waals surface area contributed by atoms with Crippen molar-refractivity contribution in [2.75, 3.05) is 17.6 Å². The number of benzene rings is 2. The number of thioether (sulfide) groups is 1. The Balaban J connectivity index is 1.48. The van der Waals surface area contributed by atoms with Crippen LogP contribution in [0.3, 0.4) is 0 Å². The molecule has 0 aliphatic heterocycles. The third-order valence-electron chi connectivity index (χ3n) is 3.54. The number of nitrogens with one attached hydrogen (secondary N) is 1. The minimum absolute atomic E-state index is 1.01. The van der Waals surface area contributed by atoms with Gasteiger partial charge in [-0.15, -0.1) is 11.8 Å². The maximum absolute atomic E-state index is 3.52. The van der Waals surface area contributed by atoms with Crippen LogP contribution in [0.25, 0.3) is 0 Å². The SMILES string of the molecule is c1ccc(SCCNc2ccc3c(c2)CCC3)cc1. The molecule has 0 aromatic heterocycles. The zero-order chi connectivity index (χ0) is 12.9. The van der Waals surface area contributed by atoms with E-state index >= 15 is 0 Å². The van der Waals surface area contributed by atoms with Gasteiger partial charge in [0.05, 0.1) is 0 Å². The molecule has 0 saturated carbocycles. The van der Waals surface area contributed by atoms with Crippen LogP contribution >= 0.6 is 11.8 Å². The molecule has 2 aromatic carbocycles. The molecule has 1 aliphatic carbocycles. The molecule has 0 radical (unpaired) electrons. The molecule has 2 aromatic rings. The Bertz CT molecular complexity index is 536. The number of fused-ring (bicyclic) bond motifs is 1. The fourth-order valence-electron chi connectivity index (χ4n) is 2.56. The van der Waals surface area contributed by atoms with E-state index in [9.17, 15) is 0 Å². The standard InChI is InChI=1S/C17H19NS/c1-2-7-17(8-3-1)19-12-11-18-16-10-9-14-5-4-6-15(14)13-16/h1-3,7-10,13,18H,4-6,11-12H2. The minimum atomic E-state index is 1.01. The largest absolute Gasteiger partial charge is 0.384 e.